The highest BCUT2D eigenvalue weighted by molar-refractivity contribution is 4.85. The van der Waals surface area contributed by atoms with Crippen LogP contribution in [0.15, 0.2) is 0 Å². The Kier molecular flexibility index (Phi) is 4.48. The predicted molar refractivity (Wildman–Crippen MR) is 74.2 cm³/mol. The molecule has 1 unspecified atom stereocenters. The van der Waals surface area contributed by atoms with Gasteiger partial charge in [-0.2, -0.15) is 0 Å². The average Bonchev–Trinajstić information content (AvgIpc) is 2.12. The fourth-order valence-electron chi connectivity index (χ4n) is 3.06. The quantitative estimate of drug-likeness (QED) is 0.702. The number of hydrogen-bond donors (Lipinski definition) is 0. The second-order valence-corrected chi connectivity index (χ2v) is 6.64. The molecule has 0 spiro atoms. The third-order valence-corrected chi connectivity index (χ3v) is 5.07. The van der Waals surface area contributed by atoms with E-state index < -0.39 is 0 Å². The summed E-state index contributed by atoms with van der Waals surface area (Å²) in [7, 11) is 0. The SMILES string of the molecule is CCN1CC(C(C)CCN2CC(C(C)C)C2)C1. The molecule has 2 heteroatoms. The van der Waals surface area contributed by atoms with Crippen molar-refractivity contribution < 1.29 is 0 Å². The van der Waals surface area contributed by atoms with Gasteiger partial charge < -0.3 is 9.80 Å². The van der Waals surface area contributed by atoms with Crippen molar-refractivity contribution in [2.75, 3.05) is 39.3 Å². The van der Waals surface area contributed by atoms with Gasteiger partial charge in [-0.25, -0.2) is 0 Å². The van der Waals surface area contributed by atoms with E-state index in [0.29, 0.717) is 0 Å². The van der Waals surface area contributed by atoms with Gasteiger partial charge in [-0.15, -0.1) is 0 Å². The van der Waals surface area contributed by atoms with Crippen molar-refractivity contribution in [3.8, 4) is 0 Å². The van der Waals surface area contributed by atoms with Crippen LogP contribution in [0.5, 0.6) is 0 Å². The van der Waals surface area contributed by atoms with E-state index in [1.54, 1.807) is 0 Å². The first-order valence-corrected chi connectivity index (χ1v) is 7.54. The smallest absolute Gasteiger partial charge is 0.00245 e. The van der Waals surface area contributed by atoms with Crippen molar-refractivity contribution in [1.29, 1.82) is 0 Å². The fraction of sp³-hybridized carbons (Fsp3) is 1.00. The maximum absolute atomic E-state index is 2.65. The molecule has 0 aromatic rings. The van der Waals surface area contributed by atoms with E-state index in [0.717, 1.165) is 23.7 Å². The zero-order valence-corrected chi connectivity index (χ0v) is 12.2. The van der Waals surface area contributed by atoms with E-state index in [-0.39, 0.29) is 0 Å². The molecule has 2 aliphatic rings. The molecule has 0 amide bonds. The zero-order valence-electron chi connectivity index (χ0n) is 12.2. The highest BCUT2D eigenvalue weighted by Crippen LogP contribution is 2.28. The Morgan fingerprint density at radius 1 is 0.941 bits per heavy atom. The average molecular weight is 238 g/mol. The van der Waals surface area contributed by atoms with Gasteiger partial charge in [0.05, 0.1) is 0 Å². The fourth-order valence-corrected chi connectivity index (χ4v) is 3.06. The van der Waals surface area contributed by atoms with Crippen LogP contribution in [-0.4, -0.2) is 49.1 Å². The van der Waals surface area contributed by atoms with Crippen LogP contribution in [0.1, 0.15) is 34.1 Å². The Labute approximate surface area is 107 Å². The van der Waals surface area contributed by atoms with Crippen LogP contribution in [0.2, 0.25) is 0 Å². The lowest BCUT2D eigenvalue weighted by molar-refractivity contribution is 0.0368. The van der Waals surface area contributed by atoms with Crippen molar-refractivity contribution in [3.63, 3.8) is 0 Å². The highest BCUT2D eigenvalue weighted by Gasteiger charge is 2.32. The van der Waals surface area contributed by atoms with Crippen LogP contribution in [-0.2, 0) is 0 Å². The summed E-state index contributed by atoms with van der Waals surface area (Å²) < 4.78 is 0. The van der Waals surface area contributed by atoms with Crippen LogP contribution in [0, 0.1) is 23.7 Å². The Morgan fingerprint density at radius 3 is 2.06 bits per heavy atom. The van der Waals surface area contributed by atoms with Gasteiger partial charge in [-0.05, 0) is 43.2 Å². The summed E-state index contributed by atoms with van der Waals surface area (Å²) >= 11 is 0. The second-order valence-electron chi connectivity index (χ2n) is 6.64. The molecule has 17 heavy (non-hydrogen) atoms. The maximum atomic E-state index is 2.65. The molecule has 0 aromatic heterocycles. The lowest BCUT2D eigenvalue weighted by atomic mass is 9.83. The molecule has 0 aliphatic carbocycles. The van der Waals surface area contributed by atoms with E-state index in [4.69, 9.17) is 0 Å². The lowest BCUT2D eigenvalue weighted by Crippen LogP contribution is -2.51. The molecule has 2 heterocycles. The summed E-state index contributed by atoms with van der Waals surface area (Å²) in [6, 6.07) is 0. The molecule has 0 bridgehead atoms. The summed E-state index contributed by atoms with van der Waals surface area (Å²) in [6.07, 6.45) is 1.41. The summed E-state index contributed by atoms with van der Waals surface area (Å²) in [5, 5.41) is 0. The van der Waals surface area contributed by atoms with Gasteiger partial charge >= 0.3 is 0 Å². The largest absolute Gasteiger partial charge is 0.303 e. The first-order valence-electron chi connectivity index (χ1n) is 7.54. The van der Waals surface area contributed by atoms with Gasteiger partial charge in [-0.1, -0.05) is 27.7 Å². The van der Waals surface area contributed by atoms with Crippen molar-refractivity contribution in [3.05, 3.63) is 0 Å². The molecular weight excluding hydrogens is 208 g/mol. The number of rotatable bonds is 6. The van der Waals surface area contributed by atoms with Crippen LogP contribution in [0.25, 0.3) is 0 Å². The van der Waals surface area contributed by atoms with Gasteiger partial charge in [-0.3, -0.25) is 0 Å². The number of likely N-dealkylation sites (tertiary alicyclic amines) is 2. The van der Waals surface area contributed by atoms with Crippen LogP contribution < -0.4 is 0 Å². The monoisotopic (exact) mass is 238 g/mol. The highest BCUT2D eigenvalue weighted by atomic mass is 15.2. The van der Waals surface area contributed by atoms with E-state index in [1.807, 2.05) is 0 Å². The Morgan fingerprint density at radius 2 is 1.53 bits per heavy atom. The molecule has 2 rings (SSSR count). The van der Waals surface area contributed by atoms with Crippen LogP contribution in [0.3, 0.4) is 0 Å². The molecule has 2 fully saturated rings. The van der Waals surface area contributed by atoms with Gasteiger partial charge in [0.25, 0.3) is 0 Å². The Bertz CT molecular complexity index is 227. The molecule has 2 nitrogen and oxygen atoms in total. The van der Waals surface area contributed by atoms with E-state index in [1.165, 1.54) is 45.7 Å². The molecule has 1 atom stereocenters. The minimum atomic E-state index is 0.883. The van der Waals surface area contributed by atoms with Crippen molar-refractivity contribution >= 4 is 0 Å². The second kappa shape index (κ2) is 5.71. The molecule has 0 N–H and O–H groups in total. The molecule has 0 radical (unpaired) electrons. The topological polar surface area (TPSA) is 6.48 Å². The first-order chi connectivity index (χ1) is 8.10. The third kappa shape index (κ3) is 3.23. The minimum absolute atomic E-state index is 0.883. The lowest BCUT2D eigenvalue weighted by Gasteiger charge is -2.45. The first kappa shape index (κ1) is 13.4. The van der Waals surface area contributed by atoms with E-state index in [2.05, 4.69) is 37.5 Å². The van der Waals surface area contributed by atoms with Gasteiger partial charge in [0.1, 0.15) is 0 Å². The number of nitrogens with zero attached hydrogens (tertiary/aromatic N) is 2. The normalized spacial score (nSPS) is 25.9. The summed E-state index contributed by atoms with van der Waals surface area (Å²) in [6.45, 7) is 17.4. The van der Waals surface area contributed by atoms with Crippen molar-refractivity contribution in [2.24, 2.45) is 23.7 Å². The van der Waals surface area contributed by atoms with Gasteiger partial charge in [0, 0.05) is 26.2 Å². The van der Waals surface area contributed by atoms with Crippen LogP contribution in [0.4, 0.5) is 0 Å². The molecule has 0 saturated carbocycles. The van der Waals surface area contributed by atoms with Gasteiger partial charge in [0.2, 0.25) is 0 Å². The Balaban J connectivity index is 1.54. The minimum Gasteiger partial charge on any atom is -0.303 e. The zero-order chi connectivity index (χ0) is 12.4. The molecule has 100 valence electrons. The summed E-state index contributed by atoms with van der Waals surface area (Å²) in [5.41, 5.74) is 0. The summed E-state index contributed by atoms with van der Waals surface area (Å²) in [5.74, 6) is 3.77. The van der Waals surface area contributed by atoms with Gasteiger partial charge in [0.15, 0.2) is 0 Å². The molecular formula is C15H30N2. The standard InChI is InChI=1S/C15H30N2/c1-5-16-10-15(11-16)13(4)6-7-17-8-14(9-17)12(2)3/h12-15H,5-11H2,1-4H3. The molecule has 2 saturated heterocycles. The van der Waals surface area contributed by atoms with E-state index >= 15 is 0 Å². The van der Waals surface area contributed by atoms with Crippen LogP contribution >= 0.6 is 0 Å². The summed E-state index contributed by atoms with van der Waals surface area (Å²) in [4.78, 5) is 5.21. The number of hydrogen-bond acceptors (Lipinski definition) is 2. The maximum Gasteiger partial charge on any atom is 0.00245 e. The van der Waals surface area contributed by atoms with Crippen molar-refractivity contribution in [1.82, 2.24) is 9.80 Å². The predicted octanol–water partition coefficient (Wildman–Crippen LogP) is 2.55. The third-order valence-electron chi connectivity index (χ3n) is 5.07. The Hall–Kier alpha value is -0.0800. The van der Waals surface area contributed by atoms with E-state index in [9.17, 15) is 0 Å². The molecule has 0 aromatic carbocycles. The molecule has 2 aliphatic heterocycles. The van der Waals surface area contributed by atoms with Crippen molar-refractivity contribution in [2.45, 2.75) is 34.1 Å².